The minimum atomic E-state index is 0.900. The Morgan fingerprint density at radius 1 is 0.298 bits per heavy atom. The predicted octanol–water partition coefficient (Wildman–Crippen LogP) is 13.2. The zero-order valence-corrected chi connectivity index (χ0v) is 25.6. The summed E-state index contributed by atoms with van der Waals surface area (Å²) in [5, 5.41) is 12.3. The number of rotatable bonds is 3. The van der Waals surface area contributed by atoms with Gasteiger partial charge in [-0.1, -0.05) is 152 Å². The Balaban J connectivity index is 1.30. The van der Waals surface area contributed by atoms with E-state index in [0.717, 1.165) is 21.9 Å². The third-order valence-electron chi connectivity index (χ3n) is 9.84. The van der Waals surface area contributed by atoms with Crippen molar-refractivity contribution < 1.29 is 4.42 Å². The van der Waals surface area contributed by atoms with E-state index in [1.807, 2.05) is 0 Å². The summed E-state index contributed by atoms with van der Waals surface area (Å²) < 4.78 is 6.64. The molecule has 0 unspecified atom stereocenters. The molecule has 0 N–H and O–H groups in total. The van der Waals surface area contributed by atoms with Gasteiger partial charge in [0, 0.05) is 10.8 Å². The Hall–Kier alpha value is -6.18. The molecule has 0 bridgehead atoms. The molecule has 0 spiro atoms. The summed E-state index contributed by atoms with van der Waals surface area (Å²) in [6.45, 7) is 0. The largest absolute Gasteiger partial charge is 0.456 e. The van der Waals surface area contributed by atoms with Gasteiger partial charge in [0.1, 0.15) is 11.2 Å². The van der Waals surface area contributed by atoms with Gasteiger partial charge in [0.2, 0.25) is 0 Å². The molecule has 1 heterocycles. The van der Waals surface area contributed by atoms with Gasteiger partial charge < -0.3 is 4.42 Å². The lowest BCUT2D eigenvalue weighted by atomic mass is 9.84. The zero-order valence-electron chi connectivity index (χ0n) is 25.6. The van der Waals surface area contributed by atoms with Gasteiger partial charge in [0.15, 0.2) is 0 Å². The Bertz CT molecular complexity index is 2780. The van der Waals surface area contributed by atoms with Crippen LogP contribution in [0, 0.1) is 0 Å². The summed E-state index contributed by atoms with van der Waals surface area (Å²) in [6, 6.07) is 61.4. The Kier molecular flexibility index (Phi) is 5.64. The van der Waals surface area contributed by atoms with Crippen LogP contribution >= 0.6 is 0 Å². The first-order valence-electron chi connectivity index (χ1n) is 16.2. The van der Waals surface area contributed by atoms with Crippen molar-refractivity contribution >= 4 is 65.0 Å². The van der Waals surface area contributed by atoms with Gasteiger partial charge in [-0.25, -0.2) is 0 Å². The maximum Gasteiger partial charge on any atom is 0.136 e. The molecule has 0 fully saturated rings. The van der Waals surface area contributed by atoms with Crippen LogP contribution < -0.4 is 0 Å². The van der Waals surface area contributed by atoms with E-state index in [9.17, 15) is 0 Å². The van der Waals surface area contributed by atoms with Gasteiger partial charge in [0.25, 0.3) is 0 Å². The Labute approximate surface area is 271 Å². The summed E-state index contributed by atoms with van der Waals surface area (Å²) in [5.74, 6) is 0. The molecule has 47 heavy (non-hydrogen) atoms. The third-order valence-corrected chi connectivity index (χ3v) is 9.84. The minimum absolute atomic E-state index is 0.900. The van der Waals surface area contributed by atoms with Crippen LogP contribution in [-0.4, -0.2) is 0 Å². The summed E-state index contributed by atoms with van der Waals surface area (Å²) in [5.41, 5.74) is 9.09. The first-order valence-corrected chi connectivity index (χ1v) is 16.2. The molecule has 0 atom stereocenters. The van der Waals surface area contributed by atoms with E-state index in [0.29, 0.717) is 0 Å². The molecule has 0 aliphatic carbocycles. The van der Waals surface area contributed by atoms with Crippen LogP contribution in [0.4, 0.5) is 0 Å². The Morgan fingerprint density at radius 2 is 0.830 bits per heavy atom. The lowest BCUT2D eigenvalue weighted by Gasteiger charge is -2.18. The highest BCUT2D eigenvalue weighted by atomic mass is 16.3. The molecule has 0 radical (unpaired) electrons. The number of hydrogen-bond acceptors (Lipinski definition) is 1. The summed E-state index contributed by atoms with van der Waals surface area (Å²) >= 11 is 0. The van der Waals surface area contributed by atoms with Gasteiger partial charge in [-0.2, -0.15) is 0 Å². The predicted molar refractivity (Wildman–Crippen MR) is 200 cm³/mol. The summed E-state index contributed by atoms with van der Waals surface area (Å²) in [4.78, 5) is 0. The van der Waals surface area contributed by atoms with E-state index in [2.05, 4.69) is 170 Å². The number of hydrogen-bond donors (Lipinski definition) is 0. The highest BCUT2D eigenvalue weighted by Crippen LogP contribution is 2.48. The average Bonchev–Trinajstić information content (AvgIpc) is 3.53. The number of benzene rings is 9. The van der Waals surface area contributed by atoms with E-state index >= 15 is 0 Å². The van der Waals surface area contributed by atoms with E-state index < -0.39 is 0 Å². The van der Waals surface area contributed by atoms with Gasteiger partial charge in [-0.3, -0.25) is 0 Å². The fraction of sp³-hybridized carbons (Fsp3) is 0. The number of fused-ring (bicyclic) bond motifs is 8. The smallest absolute Gasteiger partial charge is 0.136 e. The van der Waals surface area contributed by atoms with Crippen LogP contribution in [0.15, 0.2) is 174 Å². The SMILES string of the molecule is c1ccc(-c2c3ccccc3c(-c3cccc4oc5cccc(-c6ccc7c(ccc8ccccc87)c6)c5c34)c3ccccc23)cc1. The van der Waals surface area contributed by atoms with Crippen molar-refractivity contribution in [2.45, 2.75) is 0 Å². The van der Waals surface area contributed by atoms with Crippen LogP contribution in [0.5, 0.6) is 0 Å². The molecule has 218 valence electrons. The third kappa shape index (κ3) is 3.90. The van der Waals surface area contributed by atoms with Gasteiger partial charge in [0.05, 0.1) is 0 Å². The molecule has 1 nitrogen and oxygen atoms in total. The fourth-order valence-electron chi connectivity index (χ4n) is 7.83. The second-order valence-electron chi connectivity index (χ2n) is 12.4. The molecule has 1 heteroatoms. The van der Waals surface area contributed by atoms with Crippen molar-refractivity contribution in [1.82, 2.24) is 0 Å². The van der Waals surface area contributed by atoms with Crippen LogP contribution in [-0.2, 0) is 0 Å². The van der Waals surface area contributed by atoms with E-state index in [-0.39, 0.29) is 0 Å². The second kappa shape index (κ2) is 10.2. The molecule has 0 aliphatic rings. The monoisotopic (exact) mass is 596 g/mol. The van der Waals surface area contributed by atoms with Crippen molar-refractivity contribution in [2.75, 3.05) is 0 Å². The fourth-order valence-corrected chi connectivity index (χ4v) is 7.83. The van der Waals surface area contributed by atoms with Crippen LogP contribution in [0.3, 0.4) is 0 Å². The van der Waals surface area contributed by atoms with Crippen LogP contribution in [0.1, 0.15) is 0 Å². The molecule has 9 aromatic carbocycles. The maximum absolute atomic E-state index is 6.64. The summed E-state index contributed by atoms with van der Waals surface area (Å²) in [7, 11) is 0. The van der Waals surface area contributed by atoms with Crippen LogP contribution in [0.25, 0.3) is 98.4 Å². The van der Waals surface area contributed by atoms with E-state index in [1.165, 1.54) is 76.5 Å². The molecule has 1 aromatic heterocycles. The minimum Gasteiger partial charge on any atom is -0.456 e. The first kappa shape index (κ1) is 26.1. The van der Waals surface area contributed by atoms with Gasteiger partial charge >= 0.3 is 0 Å². The standard InChI is InChI=1S/C46H28O/c1-2-13-30(14-3-1)43-36-16-6-8-18-38(36)44(39-19-9-7-17-37(39)43)40-21-11-23-42-46(40)45-35(20-10-22-41(45)47-42)32-26-27-34-31(28-32)25-24-29-12-4-5-15-33(29)34/h1-28H. The van der Waals surface area contributed by atoms with Gasteiger partial charge in [-0.15, -0.1) is 0 Å². The van der Waals surface area contributed by atoms with Crippen molar-refractivity contribution in [2.24, 2.45) is 0 Å². The Morgan fingerprint density at radius 3 is 1.53 bits per heavy atom. The van der Waals surface area contributed by atoms with Crippen molar-refractivity contribution in [3.05, 3.63) is 170 Å². The number of furan rings is 1. The molecular weight excluding hydrogens is 569 g/mol. The molecule has 0 amide bonds. The van der Waals surface area contributed by atoms with Crippen molar-refractivity contribution in [3.8, 4) is 33.4 Å². The first-order chi connectivity index (χ1) is 23.3. The van der Waals surface area contributed by atoms with Crippen molar-refractivity contribution in [3.63, 3.8) is 0 Å². The molecule has 10 aromatic rings. The highest BCUT2D eigenvalue weighted by Gasteiger charge is 2.21. The molecular formula is C46H28O. The molecule has 0 saturated heterocycles. The molecule has 0 saturated carbocycles. The van der Waals surface area contributed by atoms with E-state index in [1.54, 1.807) is 0 Å². The lowest BCUT2D eigenvalue weighted by molar-refractivity contribution is 0.669. The molecule has 10 rings (SSSR count). The lowest BCUT2D eigenvalue weighted by Crippen LogP contribution is -1.91. The second-order valence-corrected chi connectivity index (χ2v) is 12.4. The van der Waals surface area contributed by atoms with Crippen molar-refractivity contribution in [1.29, 1.82) is 0 Å². The van der Waals surface area contributed by atoms with Gasteiger partial charge in [-0.05, 0) is 94.7 Å². The van der Waals surface area contributed by atoms with E-state index in [4.69, 9.17) is 4.42 Å². The normalized spacial score (nSPS) is 11.8. The average molecular weight is 597 g/mol. The maximum atomic E-state index is 6.64. The topological polar surface area (TPSA) is 13.1 Å². The highest BCUT2D eigenvalue weighted by molar-refractivity contribution is 6.27. The quantitative estimate of drug-likeness (QED) is 0.146. The zero-order chi connectivity index (χ0) is 30.9. The summed E-state index contributed by atoms with van der Waals surface area (Å²) in [6.07, 6.45) is 0. The van der Waals surface area contributed by atoms with Crippen LogP contribution in [0.2, 0.25) is 0 Å². The molecule has 0 aliphatic heterocycles.